The summed E-state index contributed by atoms with van der Waals surface area (Å²) in [6, 6.07) is 6.09. The monoisotopic (exact) mass is 294 g/mol. The molecule has 0 aliphatic heterocycles. The van der Waals surface area contributed by atoms with E-state index in [-0.39, 0.29) is 6.04 Å². The number of benzene rings is 1. The summed E-state index contributed by atoms with van der Waals surface area (Å²) in [7, 11) is 1.88. The van der Waals surface area contributed by atoms with E-state index in [1.165, 1.54) is 5.56 Å². The Bertz CT molecular complexity index is 521. The summed E-state index contributed by atoms with van der Waals surface area (Å²) in [6.07, 6.45) is 2.24. The third-order valence-corrected chi connectivity index (χ3v) is 3.34. The summed E-state index contributed by atoms with van der Waals surface area (Å²) in [5.41, 5.74) is 8.56. The molecule has 2 N–H and O–H groups in total. The lowest BCUT2D eigenvalue weighted by molar-refractivity contribution is 0.627. The van der Waals surface area contributed by atoms with Crippen LogP contribution >= 0.6 is 15.9 Å². The van der Waals surface area contributed by atoms with Gasteiger partial charge in [-0.05, 0) is 30.2 Å². The zero-order chi connectivity index (χ0) is 12.4. The van der Waals surface area contributed by atoms with Crippen LogP contribution in [-0.2, 0) is 13.5 Å². The van der Waals surface area contributed by atoms with Gasteiger partial charge in [0.15, 0.2) is 0 Å². The number of aryl methyl sites for hydroxylation is 2. The molecule has 0 radical (unpaired) electrons. The van der Waals surface area contributed by atoms with Crippen molar-refractivity contribution in [2.45, 2.75) is 19.4 Å². The molecule has 0 bridgehead atoms. The number of hydrogen-bond acceptors (Lipinski definition) is 3. The number of halogens is 1. The molecule has 2 rings (SSSR count). The molecule has 1 atom stereocenters. The molecule has 0 amide bonds. The molecule has 2 aromatic rings. The average Bonchev–Trinajstić information content (AvgIpc) is 2.68. The first-order valence-corrected chi connectivity index (χ1v) is 6.21. The van der Waals surface area contributed by atoms with Gasteiger partial charge in [-0.2, -0.15) is 5.10 Å². The van der Waals surface area contributed by atoms with Crippen LogP contribution in [0.2, 0.25) is 0 Å². The fourth-order valence-corrected chi connectivity index (χ4v) is 2.20. The van der Waals surface area contributed by atoms with Gasteiger partial charge in [-0.3, -0.25) is 4.68 Å². The van der Waals surface area contributed by atoms with Crippen molar-refractivity contribution in [2.75, 3.05) is 0 Å². The lowest BCUT2D eigenvalue weighted by Gasteiger charge is -2.14. The smallest absolute Gasteiger partial charge is 0.138 e. The third-order valence-electron chi connectivity index (χ3n) is 2.85. The average molecular weight is 295 g/mol. The largest absolute Gasteiger partial charge is 0.324 e. The van der Waals surface area contributed by atoms with Gasteiger partial charge in [0.2, 0.25) is 0 Å². The Hall–Kier alpha value is -1.20. The first-order chi connectivity index (χ1) is 8.08. The van der Waals surface area contributed by atoms with Gasteiger partial charge in [0.05, 0.1) is 0 Å². The second kappa shape index (κ2) is 4.98. The summed E-state index contributed by atoms with van der Waals surface area (Å²) in [6.45, 7) is 2.07. The Kier molecular flexibility index (Phi) is 3.59. The van der Waals surface area contributed by atoms with Crippen molar-refractivity contribution in [3.8, 4) is 0 Å². The lowest BCUT2D eigenvalue weighted by Crippen LogP contribution is -2.17. The van der Waals surface area contributed by atoms with E-state index in [2.05, 4.69) is 45.1 Å². The molecular formula is C12H15BrN4. The van der Waals surface area contributed by atoms with Crippen molar-refractivity contribution in [2.24, 2.45) is 12.8 Å². The standard InChI is InChI=1S/C12H15BrN4/c1-8-3-4-9(13)5-10(8)11(14)6-12-15-7-16-17(12)2/h3-5,7,11H,6,14H2,1-2H3. The Morgan fingerprint density at radius 1 is 1.47 bits per heavy atom. The first kappa shape index (κ1) is 12.3. The van der Waals surface area contributed by atoms with Crippen molar-refractivity contribution in [1.29, 1.82) is 0 Å². The summed E-state index contributed by atoms with van der Waals surface area (Å²) >= 11 is 3.47. The SMILES string of the molecule is Cc1ccc(Br)cc1C(N)Cc1ncnn1C. The number of aromatic nitrogens is 3. The molecule has 90 valence electrons. The molecule has 0 saturated carbocycles. The maximum atomic E-state index is 6.22. The summed E-state index contributed by atoms with van der Waals surface area (Å²) in [5.74, 6) is 0.900. The Labute approximate surface area is 109 Å². The summed E-state index contributed by atoms with van der Waals surface area (Å²) in [5, 5.41) is 4.04. The van der Waals surface area contributed by atoms with Crippen LogP contribution in [0.3, 0.4) is 0 Å². The number of rotatable bonds is 3. The minimum Gasteiger partial charge on any atom is -0.324 e. The van der Waals surface area contributed by atoms with E-state index in [4.69, 9.17) is 5.73 Å². The number of nitrogens with zero attached hydrogens (tertiary/aromatic N) is 3. The molecule has 0 aliphatic carbocycles. The highest BCUT2D eigenvalue weighted by Gasteiger charge is 2.13. The van der Waals surface area contributed by atoms with Crippen LogP contribution in [-0.4, -0.2) is 14.8 Å². The van der Waals surface area contributed by atoms with Crippen LogP contribution in [0.1, 0.15) is 23.0 Å². The van der Waals surface area contributed by atoms with E-state index in [9.17, 15) is 0 Å². The highest BCUT2D eigenvalue weighted by Crippen LogP contribution is 2.22. The summed E-state index contributed by atoms with van der Waals surface area (Å²) < 4.78 is 2.80. The van der Waals surface area contributed by atoms with Crippen LogP contribution in [0.5, 0.6) is 0 Å². The quantitative estimate of drug-likeness (QED) is 0.943. The fraction of sp³-hybridized carbons (Fsp3) is 0.333. The predicted octanol–water partition coefficient (Wildman–Crippen LogP) is 2.13. The van der Waals surface area contributed by atoms with Gasteiger partial charge in [-0.25, -0.2) is 4.98 Å². The molecule has 0 aliphatic rings. The van der Waals surface area contributed by atoms with E-state index in [0.29, 0.717) is 6.42 Å². The normalized spacial score (nSPS) is 12.7. The van der Waals surface area contributed by atoms with Crippen LogP contribution < -0.4 is 5.73 Å². The van der Waals surface area contributed by atoms with Gasteiger partial charge in [0, 0.05) is 24.0 Å². The first-order valence-electron chi connectivity index (χ1n) is 5.42. The highest BCUT2D eigenvalue weighted by atomic mass is 79.9. The number of nitrogens with two attached hydrogens (primary N) is 1. The van der Waals surface area contributed by atoms with E-state index in [1.807, 2.05) is 13.1 Å². The van der Waals surface area contributed by atoms with Crippen LogP contribution in [0, 0.1) is 6.92 Å². The molecule has 17 heavy (non-hydrogen) atoms. The minimum atomic E-state index is -0.0598. The van der Waals surface area contributed by atoms with E-state index in [1.54, 1.807) is 11.0 Å². The van der Waals surface area contributed by atoms with E-state index in [0.717, 1.165) is 15.9 Å². The summed E-state index contributed by atoms with van der Waals surface area (Å²) in [4.78, 5) is 4.19. The molecule has 0 spiro atoms. The van der Waals surface area contributed by atoms with Crippen molar-refractivity contribution >= 4 is 15.9 Å². The lowest BCUT2D eigenvalue weighted by atomic mass is 9.99. The third kappa shape index (κ3) is 2.73. The zero-order valence-electron chi connectivity index (χ0n) is 9.89. The van der Waals surface area contributed by atoms with E-state index >= 15 is 0 Å². The highest BCUT2D eigenvalue weighted by molar-refractivity contribution is 9.10. The second-order valence-electron chi connectivity index (χ2n) is 4.11. The van der Waals surface area contributed by atoms with Gasteiger partial charge in [-0.15, -0.1) is 0 Å². The molecule has 1 heterocycles. The van der Waals surface area contributed by atoms with Gasteiger partial charge in [-0.1, -0.05) is 22.0 Å². The van der Waals surface area contributed by atoms with Gasteiger partial charge in [0.1, 0.15) is 12.2 Å². The zero-order valence-corrected chi connectivity index (χ0v) is 11.5. The van der Waals surface area contributed by atoms with Crippen molar-refractivity contribution < 1.29 is 0 Å². The van der Waals surface area contributed by atoms with Crippen LogP contribution in [0.4, 0.5) is 0 Å². The molecule has 0 fully saturated rings. The van der Waals surface area contributed by atoms with E-state index < -0.39 is 0 Å². The predicted molar refractivity (Wildman–Crippen MR) is 70.5 cm³/mol. The van der Waals surface area contributed by atoms with Crippen LogP contribution in [0.15, 0.2) is 29.0 Å². The molecule has 1 unspecified atom stereocenters. The fourth-order valence-electron chi connectivity index (χ4n) is 1.82. The van der Waals surface area contributed by atoms with Gasteiger partial charge in [0.25, 0.3) is 0 Å². The van der Waals surface area contributed by atoms with Crippen molar-refractivity contribution in [3.63, 3.8) is 0 Å². The maximum Gasteiger partial charge on any atom is 0.138 e. The second-order valence-corrected chi connectivity index (χ2v) is 5.03. The minimum absolute atomic E-state index is 0.0598. The molecule has 4 nitrogen and oxygen atoms in total. The van der Waals surface area contributed by atoms with Gasteiger partial charge >= 0.3 is 0 Å². The van der Waals surface area contributed by atoms with Crippen molar-refractivity contribution in [1.82, 2.24) is 14.8 Å². The Morgan fingerprint density at radius 3 is 2.88 bits per heavy atom. The molecule has 0 saturated heterocycles. The van der Waals surface area contributed by atoms with Crippen LogP contribution in [0.25, 0.3) is 0 Å². The Morgan fingerprint density at radius 2 is 2.24 bits per heavy atom. The molecular weight excluding hydrogens is 280 g/mol. The topological polar surface area (TPSA) is 56.7 Å². The molecule has 1 aromatic heterocycles. The maximum absolute atomic E-state index is 6.22. The molecule has 1 aromatic carbocycles. The Balaban J connectivity index is 2.23. The number of hydrogen-bond donors (Lipinski definition) is 1. The molecule has 5 heteroatoms. The van der Waals surface area contributed by atoms with Gasteiger partial charge < -0.3 is 5.73 Å². The van der Waals surface area contributed by atoms with Crippen molar-refractivity contribution in [3.05, 3.63) is 46.0 Å².